The van der Waals surface area contributed by atoms with Gasteiger partial charge in [-0.15, -0.1) is 0 Å². The number of carbonyl (C=O) groups is 3. The second-order valence-corrected chi connectivity index (χ2v) is 10.3. The van der Waals surface area contributed by atoms with E-state index < -0.39 is 17.7 Å². The summed E-state index contributed by atoms with van der Waals surface area (Å²) in [7, 11) is 0. The maximum absolute atomic E-state index is 12.8. The Kier molecular flexibility index (Phi) is 11.3. The van der Waals surface area contributed by atoms with Gasteiger partial charge in [-0.3, -0.25) is 4.79 Å². The number of hydrogen-bond donors (Lipinski definition) is 4. The van der Waals surface area contributed by atoms with Crippen LogP contribution in [0.25, 0.3) is 11.1 Å². The van der Waals surface area contributed by atoms with Gasteiger partial charge in [0.05, 0.1) is 6.04 Å². The average Bonchev–Trinajstić information content (AvgIpc) is 2.92. The van der Waals surface area contributed by atoms with E-state index in [4.69, 9.17) is 4.74 Å². The first-order valence-corrected chi connectivity index (χ1v) is 13.4. The lowest BCUT2D eigenvalue weighted by atomic mass is 10.1. The van der Waals surface area contributed by atoms with Crippen LogP contribution in [-0.2, 0) is 16.0 Å². The molecule has 0 aliphatic carbocycles. The average molecular weight is 543 g/mol. The van der Waals surface area contributed by atoms with E-state index >= 15 is 0 Å². The van der Waals surface area contributed by atoms with Gasteiger partial charge in [0.2, 0.25) is 5.91 Å². The molecule has 4 N–H and O–H groups in total. The van der Waals surface area contributed by atoms with E-state index in [2.05, 4.69) is 21.3 Å². The molecule has 0 fully saturated rings. The molecule has 3 aromatic carbocycles. The molecule has 0 aliphatic heterocycles. The summed E-state index contributed by atoms with van der Waals surface area (Å²) in [5.74, 6) is -0.283. The number of benzene rings is 3. The second-order valence-electron chi connectivity index (χ2n) is 10.3. The van der Waals surface area contributed by atoms with Crippen molar-refractivity contribution in [1.29, 1.82) is 0 Å². The highest BCUT2D eigenvalue weighted by molar-refractivity contribution is 5.90. The van der Waals surface area contributed by atoms with E-state index in [1.165, 1.54) is 6.08 Å². The summed E-state index contributed by atoms with van der Waals surface area (Å²) in [4.78, 5) is 36.9. The van der Waals surface area contributed by atoms with Crippen LogP contribution in [0.3, 0.4) is 0 Å². The van der Waals surface area contributed by atoms with Gasteiger partial charge >= 0.3 is 12.1 Å². The van der Waals surface area contributed by atoms with E-state index in [-0.39, 0.29) is 11.9 Å². The lowest BCUT2D eigenvalue weighted by Crippen LogP contribution is -2.38. The highest BCUT2D eigenvalue weighted by Crippen LogP contribution is 2.21. The van der Waals surface area contributed by atoms with Gasteiger partial charge in [0.25, 0.3) is 0 Å². The molecule has 3 aromatic rings. The first kappa shape index (κ1) is 30.0. The van der Waals surface area contributed by atoms with Gasteiger partial charge in [-0.25, -0.2) is 9.59 Å². The number of urea groups is 1. The van der Waals surface area contributed by atoms with E-state index in [9.17, 15) is 14.4 Å². The van der Waals surface area contributed by atoms with Crippen molar-refractivity contribution in [3.8, 4) is 11.1 Å². The fourth-order valence-corrected chi connectivity index (χ4v) is 3.81. The molecular weight excluding hydrogens is 504 g/mol. The van der Waals surface area contributed by atoms with Crippen LogP contribution in [0.4, 0.5) is 15.3 Å². The second kappa shape index (κ2) is 15.1. The molecule has 0 bridgehead atoms. The summed E-state index contributed by atoms with van der Waals surface area (Å²) < 4.78 is 5.18. The number of alkyl carbamates (subject to hydrolysis) is 1. The van der Waals surface area contributed by atoms with Gasteiger partial charge in [0.1, 0.15) is 5.60 Å². The molecule has 0 saturated heterocycles. The van der Waals surface area contributed by atoms with Crippen LogP contribution in [0, 0.1) is 0 Å². The lowest BCUT2D eigenvalue weighted by Gasteiger charge is -2.19. The molecule has 0 spiro atoms. The third-order valence-electron chi connectivity index (χ3n) is 5.67. The smallest absolute Gasteiger partial charge is 0.407 e. The van der Waals surface area contributed by atoms with Crippen LogP contribution in [0.1, 0.15) is 32.8 Å². The molecular formula is C32H38N4O4. The predicted molar refractivity (Wildman–Crippen MR) is 159 cm³/mol. The van der Waals surface area contributed by atoms with Crippen molar-refractivity contribution in [3.05, 3.63) is 103 Å². The minimum Gasteiger partial charge on any atom is -0.444 e. The summed E-state index contributed by atoms with van der Waals surface area (Å²) in [6, 6.07) is 26.6. The van der Waals surface area contributed by atoms with E-state index in [0.717, 1.165) is 16.7 Å². The lowest BCUT2D eigenvalue weighted by molar-refractivity contribution is -0.116. The van der Waals surface area contributed by atoms with Gasteiger partial charge in [-0.05, 0) is 62.4 Å². The van der Waals surface area contributed by atoms with Crippen molar-refractivity contribution in [3.63, 3.8) is 0 Å². The van der Waals surface area contributed by atoms with Crippen LogP contribution in [-0.4, -0.2) is 42.8 Å². The molecule has 4 amide bonds. The molecule has 0 radical (unpaired) electrons. The maximum atomic E-state index is 12.8. The fourth-order valence-electron chi connectivity index (χ4n) is 3.81. The summed E-state index contributed by atoms with van der Waals surface area (Å²) in [6.07, 6.45) is 3.68. The van der Waals surface area contributed by atoms with E-state index in [1.54, 1.807) is 26.8 Å². The molecule has 0 aromatic heterocycles. The predicted octanol–water partition coefficient (Wildman–Crippen LogP) is 5.67. The summed E-state index contributed by atoms with van der Waals surface area (Å²) >= 11 is 0. The van der Waals surface area contributed by atoms with Gasteiger partial charge in [-0.2, -0.15) is 0 Å². The van der Waals surface area contributed by atoms with Crippen molar-refractivity contribution in [2.75, 3.05) is 18.4 Å². The Morgan fingerprint density at radius 1 is 0.800 bits per heavy atom. The third-order valence-corrected chi connectivity index (χ3v) is 5.67. The van der Waals surface area contributed by atoms with Gasteiger partial charge in [-0.1, -0.05) is 78.9 Å². The third kappa shape index (κ3) is 11.4. The van der Waals surface area contributed by atoms with Gasteiger partial charge < -0.3 is 26.0 Å². The molecule has 0 aliphatic rings. The number of ether oxygens (including phenoxy) is 1. The quantitative estimate of drug-likeness (QED) is 0.185. The van der Waals surface area contributed by atoms with Crippen molar-refractivity contribution >= 4 is 23.7 Å². The standard InChI is InChI=1S/C32H38N4O4/c1-32(2,3)40-31(39)34-22-10-21-33-29(37)20-19-28(23-24-11-6-4-7-12-24)36-30(38)35-27-17-15-26(16-18-27)25-13-8-5-9-14-25/h4-9,11-20,28H,10,21-23H2,1-3H3,(H,33,37)(H,34,39)(H2,35,36,38)/b20-19+/t28-/m0/s1. The van der Waals surface area contributed by atoms with Crippen LogP contribution in [0.2, 0.25) is 0 Å². The molecule has 0 saturated carbocycles. The van der Waals surface area contributed by atoms with Crippen LogP contribution < -0.4 is 21.3 Å². The number of carbonyl (C=O) groups excluding carboxylic acids is 3. The van der Waals surface area contributed by atoms with Crippen LogP contribution in [0.15, 0.2) is 97.1 Å². The highest BCUT2D eigenvalue weighted by Gasteiger charge is 2.15. The number of amides is 4. The molecule has 210 valence electrons. The van der Waals surface area contributed by atoms with Crippen molar-refractivity contribution < 1.29 is 19.1 Å². The van der Waals surface area contributed by atoms with Crippen molar-refractivity contribution in [2.45, 2.75) is 45.3 Å². The van der Waals surface area contributed by atoms with Crippen LogP contribution in [0.5, 0.6) is 0 Å². The number of anilines is 1. The summed E-state index contributed by atoms with van der Waals surface area (Å²) in [6.45, 7) is 6.16. The Hall–Kier alpha value is -4.59. The maximum Gasteiger partial charge on any atom is 0.407 e. The van der Waals surface area contributed by atoms with Crippen LogP contribution >= 0.6 is 0 Å². The Balaban J connectivity index is 1.50. The molecule has 40 heavy (non-hydrogen) atoms. The summed E-state index contributed by atoms with van der Waals surface area (Å²) in [5, 5.41) is 11.3. The fraction of sp³-hybridized carbons (Fsp3) is 0.281. The Morgan fingerprint density at radius 2 is 1.40 bits per heavy atom. The zero-order valence-electron chi connectivity index (χ0n) is 23.3. The first-order chi connectivity index (χ1) is 19.2. The van der Waals surface area contributed by atoms with E-state index in [1.807, 2.05) is 84.9 Å². The zero-order valence-corrected chi connectivity index (χ0v) is 23.3. The molecule has 8 heteroatoms. The Bertz CT molecular complexity index is 1250. The molecule has 8 nitrogen and oxygen atoms in total. The van der Waals surface area contributed by atoms with Gasteiger partial charge in [0, 0.05) is 24.9 Å². The molecule has 0 heterocycles. The number of nitrogens with one attached hydrogen (secondary N) is 4. The Morgan fingerprint density at radius 3 is 2.05 bits per heavy atom. The van der Waals surface area contributed by atoms with Crippen molar-refractivity contribution in [2.24, 2.45) is 0 Å². The number of rotatable bonds is 11. The van der Waals surface area contributed by atoms with Gasteiger partial charge in [0.15, 0.2) is 0 Å². The monoisotopic (exact) mass is 542 g/mol. The van der Waals surface area contributed by atoms with E-state index in [0.29, 0.717) is 31.6 Å². The Labute approximate surface area is 236 Å². The minimum atomic E-state index is -0.558. The molecule has 1 atom stereocenters. The molecule has 3 rings (SSSR count). The number of hydrogen-bond acceptors (Lipinski definition) is 4. The largest absolute Gasteiger partial charge is 0.444 e. The topological polar surface area (TPSA) is 109 Å². The summed E-state index contributed by atoms with van der Waals surface area (Å²) in [5.41, 5.74) is 3.29. The molecule has 0 unspecified atom stereocenters. The minimum absolute atomic E-state index is 0.283. The highest BCUT2D eigenvalue weighted by atomic mass is 16.6. The van der Waals surface area contributed by atoms with Crippen molar-refractivity contribution in [1.82, 2.24) is 16.0 Å². The first-order valence-electron chi connectivity index (χ1n) is 13.4. The normalized spacial score (nSPS) is 11.9. The SMILES string of the molecule is CC(C)(C)OC(=O)NCCCNC(=O)/C=C/[C@@H](Cc1ccccc1)NC(=O)Nc1ccc(-c2ccccc2)cc1. The zero-order chi connectivity index (χ0) is 28.8.